The van der Waals surface area contributed by atoms with Crippen molar-refractivity contribution in [3.05, 3.63) is 42.9 Å². The standard InChI is InChI=1S/C10H13N/c1-11-10-7-9(10)8-5-3-2-4-6-8/h2-6,9-10H,1,7,11H2/t9-,10+/m1/s1. The van der Waals surface area contributed by atoms with Gasteiger partial charge in [-0.05, 0) is 5.56 Å². The lowest BCUT2D eigenvalue weighted by atomic mass is 10.1. The maximum absolute atomic E-state index is 3.80. The molecule has 2 atom stereocenters. The quantitative estimate of drug-likeness (QED) is 0.598. The van der Waals surface area contributed by atoms with Crippen LogP contribution < -0.4 is 5.32 Å². The molecule has 11 heavy (non-hydrogen) atoms. The van der Waals surface area contributed by atoms with Crippen LogP contribution in [0.1, 0.15) is 17.9 Å². The number of nitrogens with two attached hydrogens (primary N) is 1. The smallest absolute Gasteiger partial charge is 0.0700 e. The molecule has 0 aromatic heterocycles. The summed E-state index contributed by atoms with van der Waals surface area (Å²) in [7, 11) is 3.80. The molecule has 1 aromatic carbocycles. The highest BCUT2D eigenvalue weighted by Gasteiger charge is 2.39. The topological polar surface area (TPSA) is 16.6 Å². The van der Waals surface area contributed by atoms with Gasteiger partial charge < -0.3 is 5.32 Å². The van der Waals surface area contributed by atoms with Gasteiger partial charge in [-0.1, -0.05) is 30.3 Å². The molecule has 1 fully saturated rings. The van der Waals surface area contributed by atoms with E-state index in [1.54, 1.807) is 0 Å². The monoisotopic (exact) mass is 147 g/mol. The van der Waals surface area contributed by atoms with Crippen LogP contribution in [0.3, 0.4) is 0 Å². The predicted molar refractivity (Wildman–Crippen MR) is 44.9 cm³/mol. The Labute approximate surface area is 67.4 Å². The number of hydrogen-bond acceptors (Lipinski definition) is 0. The Hall–Kier alpha value is -0.820. The van der Waals surface area contributed by atoms with Crippen molar-refractivity contribution in [3.8, 4) is 0 Å². The highest BCUT2D eigenvalue weighted by Crippen LogP contribution is 2.37. The molecule has 58 valence electrons. The first-order chi connectivity index (χ1) is 5.42. The van der Waals surface area contributed by atoms with Gasteiger partial charge in [0.2, 0.25) is 0 Å². The fourth-order valence-electron chi connectivity index (χ4n) is 1.56. The highest BCUT2D eigenvalue weighted by molar-refractivity contribution is 5.25. The first kappa shape index (κ1) is 6.86. The van der Waals surface area contributed by atoms with E-state index in [-0.39, 0.29) is 0 Å². The average molecular weight is 147 g/mol. The lowest BCUT2D eigenvalue weighted by molar-refractivity contribution is -0.611. The van der Waals surface area contributed by atoms with Crippen molar-refractivity contribution in [2.45, 2.75) is 18.4 Å². The summed E-state index contributed by atoms with van der Waals surface area (Å²) in [6, 6.07) is 11.4. The molecule has 0 amide bonds. The second-order valence-corrected chi connectivity index (χ2v) is 3.15. The van der Waals surface area contributed by atoms with E-state index in [1.165, 1.54) is 12.0 Å². The first-order valence-electron chi connectivity index (χ1n) is 4.09. The summed E-state index contributed by atoms with van der Waals surface area (Å²) < 4.78 is 0. The molecule has 0 bridgehead atoms. The fraction of sp³-hybridized carbons (Fsp3) is 0.300. The van der Waals surface area contributed by atoms with E-state index in [1.807, 2.05) is 0 Å². The minimum Gasteiger partial charge on any atom is -0.476 e. The van der Waals surface area contributed by atoms with Gasteiger partial charge in [-0.15, -0.1) is 0 Å². The van der Waals surface area contributed by atoms with E-state index < -0.39 is 0 Å². The Morgan fingerprint density at radius 1 is 1.27 bits per heavy atom. The largest absolute Gasteiger partial charge is 0.476 e. The Balaban J connectivity index is 2.09. The Kier molecular flexibility index (Phi) is 1.66. The Bertz CT molecular complexity index is 230. The third-order valence-corrected chi connectivity index (χ3v) is 2.37. The van der Waals surface area contributed by atoms with E-state index in [2.05, 4.69) is 42.7 Å². The van der Waals surface area contributed by atoms with Gasteiger partial charge in [0.05, 0.1) is 6.04 Å². The van der Waals surface area contributed by atoms with Crippen LogP contribution in [0.4, 0.5) is 0 Å². The van der Waals surface area contributed by atoms with Crippen LogP contribution in [0.15, 0.2) is 30.3 Å². The minimum absolute atomic E-state index is 0.748. The maximum atomic E-state index is 3.80. The molecule has 1 aliphatic carbocycles. The van der Waals surface area contributed by atoms with Crippen molar-refractivity contribution in [2.24, 2.45) is 0 Å². The SMILES string of the molecule is [CH2-][NH2+][C@H]1C[C@@H]1c1ccccc1. The summed E-state index contributed by atoms with van der Waals surface area (Å²) in [6.45, 7) is 0. The summed E-state index contributed by atoms with van der Waals surface area (Å²) in [5.41, 5.74) is 1.47. The number of rotatable bonds is 2. The van der Waals surface area contributed by atoms with Gasteiger partial charge >= 0.3 is 0 Å². The average Bonchev–Trinajstić information content (AvgIpc) is 2.85. The molecule has 0 saturated heterocycles. The zero-order chi connectivity index (χ0) is 7.68. The van der Waals surface area contributed by atoms with Crippen molar-refractivity contribution in [3.63, 3.8) is 0 Å². The van der Waals surface area contributed by atoms with E-state index in [9.17, 15) is 0 Å². The zero-order valence-electron chi connectivity index (χ0n) is 6.53. The molecule has 0 unspecified atom stereocenters. The lowest BCUT2D eigenvalue weighted by Crippen LogP contribution is -2.79. The van der Waals surface area contributed by atoms with Gasteiger partial charge in [-0.25, -0.2) is 0 Å². The van der Waals surface area contributed by atoms with E-state index >= 15 is 0 Å². The van der Waals surface area contributed by atoms with Gasteiger partial charge in [0.1, 0.15) is 0 Å². The lowest BCUT2D eigenvalue weighted by Gasteiger charge is -1.98. The van der Waals surface area contributed by atoms with Crippen LogP contribution in [-0.2, 0) is 0 Å². The van der Waals surface area contributed by atoms with Crippen molar-refractivity contribution < 1.29 is 5.32 Å². The maximum Gasteiger partial charge on any atom is 0.0700 e. The van der Waals surface area contributed by atoms with Crippen molar-refractivity contribution in [1.29, 1.82) is 0 Å². The van der Waals surface area contributed by atoms with E-state index in [0.29, 0.717) is 0 Å². The van der Waals surface area contributed by atoms with Crippen molar-refractivity contribution >= 4 is 0 Å². The minimum atomic E-state index is 0.748. The molecule has 2 N–H and O–H groups in total. The van der Waals surface area contributed by atoms with Gasteiger partial charge in [0, 0.05) is 12.3 Å². The molecule has 1 nitrogen and oxygen atoms in total. The second kappa shape index (κ2) is 2.67. The fourth-order valence-corrected chi connectivity index (χ4v) is 1.56. The molecule has 1 aromatic rings. The molecular formula is C10H13N. The van der Waals surface area contributed by atoms with Gasteiger partial charge in [-0.3, -0.25) is 0 Å². The summed E-state index contributed by atoms with van der Waals surface area (Å²) >= 11 is 0. The Morgan fingerprint density at radius 2 is 2.00 bits per heavy atom. The van der Waals surface area contributed by atoms with Gasteiger partial charge in [-0.2, -0.15) is 7.05 Å². The first-order valence-corrected chi connectivity index (χ1v) is 4.09. The molecule has 1 saturated carbocycles. The molecule has 1 aliphatic rings. The van der Waals surface area contributed by atoms with Gasteiger partial charge in [0.15, 0.2) is 0 Å². The van der Waals surface area contributed by atoms with Crippen LogP contribution in [0.25, 0.3) is 0 Å². The summed E-state index contributed by atoms with van der Waals surface area (Å²) in [6.07, 6.45) is 1.30. The molecule has 2 rings (SSSR count). The van der Waals surface area contributed by atoms with Crippen molar-refractivity contribution in [1.82, 2.24) is 0 Å². The molecule has 1 heteroatoms. The zero-order valence-corrected chi connectivity index (χ0v) is 6.53. The summed E-state index contributed by atoms with van der Waals surface area (Å²) in [5.74, 6) is 0.772. The number of quaternary nitrogens is 1. The second-order valence-electron chi connectivity index (χ2n) is 3.15. The molecule has 0 heterocycles. The van der Waals surface area contributed by atoms with Crippen LogP contribution in [-0.4, -0.2) is 6.04 Å². The van der Waals surface area contributed by atoms with Crippen LogP contribution in [0.2, 0.25) is 0 Å². The third-order valence-electron chi connectivity index (χ3n) is 2.37. The third kappa shape index (κ3) is 1.29. The van der Waals surface area contributed by atoms with Gasteiger partial charge in [0.25, 0.3) is 0 Å². The van der Waals surface area contributed by atoms with Crippen LogP contribution in [0, 0.1) is 7.05 Å². The molecule has 0 spiro atoms. The molecule has 0 radical (unpaired) electrons. The predicted octanol–water partition coefficient (Wildman–Crippen LogP) is 0.897. The normalized spacial score (nSPS) is 28.5. The summed E-state index contributed by atoms with van der Waals surface area (Å²) in [5, 5.41) is 2.07. The highest BCUT2D eigenvalue weighted by atomic mass is 14.9. The Morgan fingerprint density at radius 3 is 2.55 bits per heavy atom. The van der Waals surface area contributed by atoms with Crippen LogP contribution >= 0.6 is 0 Å². The van der Waals surface area contributed by atoms with E-state index in [0.717, 1.165) is 12.0 Å². The molecule has 0 aliphatic heterocycles. The summed E-state index contributed by atoms with van der Waals surface area (Å²) in [4.78, 5) is 0. The number of benzene rings is 1. The van der Waals surface area contributed by atoms with Crippen molar-refractivity contribution in [2.75, 3.05) is 0 Å². The number of hydrogen-bond donors (Lipinski definition) is 1. The van der Waals surface area contributed by atoms with E-state index in [4.69, 9.17) is 0 Å². The molecular weight excluding hydrogens is 134 g/mol. The van der Waals surface area contributed by atoms with Crippen LogP contribution in [0.5, 0.6) is 0 Å².